The number of esters is 1. The molecule has 16 heavy (non-hydrogen) atoms. The van der Waals surface area contributed by atoms with Crippen molar-refractivity contribution < 1.29 is 27.5 Å². The van der Waals surface area contributed by atoms with Crippen molar-refractivity contribution in [2.45, 2.75) is 6.18 Å². The minimum atomic E-state index is -5.12. The van der Waals surface area contributed by atoms with Crippen LogP contribution in [0.15, 0.2) is 24.3 Å². The van der Waals surface area contributed by atoms with E-state index in [-0.39, 0.29) is 5.56 Å². The van der Waals surface area contributed by atoms with Gasteiger partial charge >= 0.3 is 12.1 Å². The van der Waals surface area contributed by atoms with E-state index < -0.39 is 23.8 Å². The van der Waals surface area contributed by atoms with Gasteiger partial charge in [0.15, 0.2) is 0 Å². The summed E-state index contributed by atoms with van der Waals surface area (Å²) >= 11 is 0. The summed E-state index contributed by atoms with van der Waals surface area (Å²) in [5, 5.41) is 0. The topological polar surface area (TPSA) is 69.4 Å². The molecule has 0 aliphatic rings. The average Bonchev–Trinajstić information content (AvgIpc) is 2.16. The van der Waals surface area contributed by atoms with Gasteiger partial charge in [-0.3, -0.25) is 4.79 Å². The van der Waals surface area contributed by atoms with E-state index in [1.165, 1.54) is 12.1 Å². The molecule has 0 saturated carbocycles. The van der Waals surface area contributed by atoms with E-state index in [0.29, 0.717) is 0 Å². The maximum absolute atomic E-state index is 11.9. The van der Waals surface area contributed by atoms with Crippen molar-refractivity contribution in [1.29, 1.82) is 0 Å². The summed E-state index contributed by atoms with van der Waals surface area (Å²) in [6, 6.07) is 4.89. The van der Waals surface area contributed by atoms with Gasteiger partial charge in [-0.05, 0) is 12.1 Å². The molecule has 0 aliphatic carbocycles. The van der Waals surface area contributed by atoms with Crippen LogP contribution < -0.4 is 10.5 Å². The van der Waals surface area contributed by atoms with Gasteiger partial charge in [0.05, 0.1) is 5.56 Å². The minimum Gasteiger partial charge on any atom is -0.419 e. The number of primary amides is 1. The van der Waals surface area contributed by atoms with Gasteiger partial charge in [-0.25, -0.2) is 4.79 Å². The third-order valence-corrected chi connectivity index (χ3v) is 1.59. The van der Waals surface area contributed by atoms with Gasteiger partial charge in [0.25, 0.3) is 5.91 Å². The van der Waals surface area contributed by atoms with E-state index in [0.717, 1.165) is 12.1 Å². The van der Waals surface area contributed by atoms with Crippen LogP contribution in [0.25, 0.3) is 0 Å². The number of halogens is 3. The Bertz CT molecular complexity index is 428. The first-order chi connectivity index (χ1) is 7.32. The zero-order valence-corrected chi connectivity index (χ0v) is 7.75. The summed E-state index contributed by atoms with van der Waals surface area (Å²) in [5.41, 5.74) is 4.60. The van der Waals surface area contributed by atoms with Crippen LogP contribution in [0.4, 0.5) is 13.2 Å². The predicted octanol–water partition coefficient (Wildman–Crippen LogP) is 1.25. The summed E-state index contributed by atoms with van der Waals surface area (Å²) in [7, 11) is 0. The molecule has 0 aliphatic heterocycles. The molecule has 86 valence electrons. The lowest BCUT2D eigenvalue weighted by atomic mass is 10.2. The second-order valence-corrected chi connectivity index (χ2v) is 2.75. The van der Waals surface area contributed by atoms with E-state index >= 15 is 0 Å². The standard InChI is InChI=1S/C9H6F3NO3/c10-9(11,12)8(15)16-6-4-2-1-3-5(6)7(13)14/h1-4H,(H2,13,14). The molecule has 0 aromatic heterocycles. The number of carbonyl (C=O) groups is 2. The van der Waals surface area contributed by atoms with E-state index in [9.17, 15) is 22.8 Å². The monoisotopic (exact) mass is 233 g/mol. The molecule has 0 saturated heterocycles. The molecule has 7 heteroatoms. The van der Waals surface area contributed by atoms with Crippen molar-refractivity contribution in [1.82, 2.24) is 0 Å². The van der Waals surface area contributed by atoms with Crippen LogP contribution in [0, 0.1) is 0 Å². The molecule has 0 spiro atoms. The Hall–Kier alpha value is -2.05. The molecule has 1 rings (SSSR count). The van der Waals surface area contributed by atoms with Crippen LogP contribution in [-0.2, 0) is 4.79 Å². The normalized spacial score (nSPS) is 10.9. The molecule has 0 fully saturated rings. The van der Waals surface area contributed by atoms with Gasteiger partial charge in [-0.15, -0.1) is 0 Å². The maximum Gasteiger partial charge on any atom is 0.491 e. The third-order valence-electron chi connectivity index (χ3n) is 1.59. The second-order valence-electron chi connectivity index (χ2n) is 2.75. The fraction of sp³-hybridized carbons (Fsp3) is 0.111. The highest BCUT2D eigenvalue weighted by molar-refractivity contribution is 5.96. The van der Waals surface area contributed by atoms with Crippen LogP contribution in [0.2, 0.25) is 0 Å². The van der Waals surface area contributed by atoms with Crippen LogP contribution in [-0.4, -0.2) is 18.1 Å². The number of nitrogens with two attached hydrogens (primary N) is 1. The number of hydrogen-bond donors (Lipinski definition) is 1. The van der Waals surface area contributed by atoms with Crippen molar-refractivity contribution in [3.63, 3.8) is 0 Å². The van der Waals surface area contributed by atoms with Crippen LogP contribution in [0.1, 0.15) is 10.4 Å². The highest BCUT2D eigenvalue weighted by Crippen LogP contribution is 2.22. The van der Waals surface area contributed by atoms with Gasteiger partial charge in [-0.2, -0.15) is 13.2 Å². The van der Waals surface area contributed by atoms with E-state index in [1.807, 2.05) is 0 Å². The molecule has 0 atom stereocenters. The highest BCUT2D eigenvalue weighted by Gasteiger charge is 2.41. The number of alkyl halides is 3. The smallest absolute Gasteiger partial charge is 0.419 e. The number of para-hydroxylation sites is 1. The van der Waals surface area contributed by atoms with Crippen LogP contribution in [0.3, 0.4) is 0 Å². The minimum absolute atomic E-state index is 0.292. The third kappa shape index (κ3) is 2.72. The number of amides is 1. The fourth-order valence-electron chi connectivity index (χ4n) is 0.917. The van der Waals surface area contributed by atoms with Crippen molar-refractivity contribution in [2.24, 2.45) is 5.73 Å². The first kappa shape index (κ1) is 12.0. The van der Waals surface area contributed by atoms with E-state index in [2.05, 4.69) is 4.74 Å². The number of hydrogen-bond acceptors (Lipinski definition) is 3. The first-order valence-electron chi connectivity index (χ1n) is 4.00. The van der Waals surface area contributed by atoms with Crippen molar-refractivity contribution in [3.05, 3.63) is 29.8 Å². The summed E-state index contributed by atoms with van der Waals surface area (Å²) in [4.78, 5) is 21.3. The molecule has 1 aromatic carbocycles. The van der Waals surface area contributed by atoms with E-state index in [4.69, 9.17) is 5.73 Å². The maximum atomic E-state index is 11.9. The number of ether oxygens (including phenoxy) is 1. The van der Waals surface area contributed by atoms with Crippen molar-refractivity contribution in [2.75, 3.05) is 0 Å². The average molecular weight is 233 g/mol. The van der Waals surface area contributed by atoms with Gasteiger partial charge in [0, 0.05) is 0 Å². The quantitative estimate of drug-likeness (QED) is 0.617. The first-order valence-corrected chi connectivity index (χ1v) is 4.00. The molecular formula is C9H6F3NO3. The van der Waals surface area contributed by atoms with Gasteiger partial charge in [0.2, 0.25) is 0 Å². The fourth-order valence-corrected chi connectivity index (χ4v) is 0.917. The zero-order chi connectivity index (χ0) is 12.3. The highest BCUT2D eigenvalue weighted by atomic mass is 19.4. The van der Waals surface area contributed by atoms with Crippen molar-refractivity contribution >= 4 is 11.9 Å². The Labute approximate surface area is 87.8 Å². The molecular weight excluding hydrogens is 227 g/mol. The Balaban J connectivity index is 2.98. The summed E-state index contributed by atoms with van der Waals surface area (Å²) < 4.78 is 39.6. The molecule has 1 aromatic rings. The van der Waals surface area contributed by atoms with Crippen molar-refractivity contribution in [3.8, 4) is 5.75 Å². The van der Waals surface area contributed by atoms with Gasteiger partial charge in [0.1, 0.15) is 5.75 Å². The molecule has 0 unspecified atom stereocenters. The molecule has 0 radical (unpaired) electrons. The van der Waals surface area contributed by atoms with Gasteiger partial charge in [-0.1, -0.05) is 12.1 Å². The predicted molar refractivity (Wildman–Crippen MR) is 46.6 cm³/mol. The molecule has 0 bridgehead atoms. The van der Waals surface area contributed by atoms with Gasteiger partial charge < -0.3 is 10.5 Å². The largest absolute Gasteiger partial charge is 0.491 e. The molecule has 1 amide bonds. The lowest BCUT2D eigenvalue weighted by molar-refractivity contribution is -0.189. The summed E-state index contributed by atoms with van der Waals surface area (Å²) in [6.45, 7) is 0. The summed E-state index contributed by atoms with van der Waals surface area (Å²) in [6.07, 6.45) is -5.12. The van der Waals surface area contributed by atoms with Crippen LogP contribution >= 0.6 is 0 Å². The van der Waals surface area contributed by atoms with E-state index in [1.54, 1.807) is 0 Å². The number of rotatable bonds is 2. The summed E-state index contributed by atoms with van der Waals surface area (Å²) in [5.74, 6) is -3.90. The lowest BCUT2D eigenvalue weighted by Gasteiger charge is -2.08. The number of carbonyl (C=O) groups excluding carboxylic acids is 2. The zero-order valence-electron chi connectivity index (χ0n) is 7.75. The molecule has 0 heterocycles. The second kappa shape index (κ2) is 4.21. The Morgan fingerprint density at radius 3 is 2.25 bits per heavy atom. The Morgan fingerprint density at radius 2 is 1.75 bits per heavy atom. The lowest BCUT2D eigenvalue weighted by Crippen LogP contribution is -2.29. The number of benzene rings is 1. The Kier molecular flexibility index (Phi) is 3.17. The van der Waals surface area contributed by atoms with Crippen LogP contribution in [0.5, 0.6) is 5.75 Å². The SMILES string of the molecule is NC(=O)c1ccccc1OC(=O)C(F)(F)F. The molecule has 2 N–H and O–H groups in total. The Morgan fingerprint density at radius 1 is 1.19 bits per heavy atom. The molecule has 4 nitrogen and oxygen atoms in total.